The van der Waals surface area contributed by atoms with Gasteiger partial charge in [0, 0.05) is 58.9 Å². The SMILES string of the molecule is Cc1ccc2c(c1)C(C)(C)C(/C=C/C1=C(N(C3=CC=CC(C)C3C)c3ccccc3)C(=C/C=C3/N(C)c4ccc(C)cc4C3(C)C)/CC1)=[N+]2C. The van der Waals surface area contributed by atoms with Crippen molar-refractivity contribution in [2.75, 3.05) is 23.9 Å². The maximum atomic E-state index is 2.58. The largest absolute Gasteiger partial charge is 0.347 e. The Morgan fingerprint density at radius 1 is 0.820 bits per heavy atom. The molecule has 0 fully saturated rings. The molecule has 4 aliphatic rings. The first-order chi connectivity index (χ1) is 23.8. The van der Waals surface area contributed by atoms with Crippen molar-refractivity contribution >= 4 is 22.8 Å². The lowest BCUT2D eigenvalue weighted by atomic mass is 9.80. The minimum absolute atomic E-state index is 0.0826. The molecule has 0 spiro atoms. The molecule has 3 aromatic carbocycles. The van der Waals surface area contributed by atoms with Gasteiger partial charge in [-0.3, -0.25) is 0 Å². The van der Waals surface area contributed by atoms with E-state index in [9.17, 15) is 0 Å². The summed E-state index contributed by atoms with van der Waals surface area (Å²) in [5, 5.41) is 0. The third-order valence-electron chi connectivity index (χ3n) is 12.0. The van der Waals surface area contributed by atoms with Crippen LogP contribution in [-0.2, 0) is 10.8 Å². The van der Waals surface area contributed by atoms with Crippen molar-refractivity contribution in [1.82, 2.24) is 0 Å². The molecule has 7 rings (SSSR count). The van der Waals surface area contributed by atoms with E-state index in [0.717, 1.165) is 12.8 Å². The van der Waals surface area contributed by atoms with E-state index in [1.54, 1.807) is 0 Å². The van der Waals surface area contributed by atoms with Gasteiger partial charge >= 0.3 is 0 Å². The fraction of sp³-hybridized carbons (Fsp3) is 0.340. The van der Waals surface area contributed by atoms with Crippen LogP contribution < -0.4 is 9.80 Å². The van der Waals surface area contributed by atoms with Crippen LogP contribution in [0.1, 0.15) is 76.6 Å². The number of rotatable bonds is 6. The summed E-state index contributed by atoms with van der Waals surface area (Å²) < 4.78 is 2.40. The fourth-order valence-electron chi connectivity index (χ4n) is 8.76. The third-order valence-corrected chi connectivity index (χ3v) is 12.0. The molecule has 3 nitrogen and oxygen atoms in total. The van der Waals surface area contributed by atoms with E-state index < -0.39 is 0 Å². The van der Waals surface area contributed by atoms with Gasteiger partial charge in [0.15, 0.2) is 5.71 Å². The van der Waals surface area contributed by atoms with Gasteiger partial charge in [-0.25, -0.2) is 0 Å². The predicted molar refractivity (Wildman–Crippen MR) is 214 cm³/mol. The summed E-state index contributed by atoms with van der Waals surface area (Å²) in [5.41, 5.74) is 17.2. The van der Waals surface area contributed by atoms with E-state index in [4.69, 9.17) is 0 Å². The standard InChI is InChI=1S/C47H54N3/c1-31-19-25-41-38(29-31)46(5,6)43(48(41)9)27-23-35-21-22-36(24-28-44-47(7,8)39-30-32(2)20-26-42(39)49(44)10)45(35)50(37-16-12-11-13-17-37)40-18-14-15-33(3)34(40)4/h11-20,23-30,33-34H,21-22H2,1-10H3/q+1. The second-order valence-corrected chi connectivity index (χ2v) is 16.0. The number of nitrogens with zero attached hydrogens (tertiary/aromatic N) is 3. The Balaban J connectivity index is 1.39. The molecular formula is C47H54N3+. The number of aryl methyl sites for hydroxylation is 2. The number of allylic oxidation sites excluding steroid dienone is 11. The van der Waals surface area contributed by atoms with Crippen LogP contribution in [0.15, 0.2) is 137 Å². The van der Waals surface area contributed by atoms with Crippen LogP contribution in [-0.4, -0.2) is 24.4 Å². The number of hydrogen-bond acceptors (Lipinski definition) is 2. The van der Waals surface area contributed by atoms with Gasteiger partial charge in [0.1, 0.15) is 7.05 Å². The van der Waals surface area contributed by atoms with Gasteiger partial charge in [0.2, 0.25) is 5.69 Å². The quantitative estimate of drug-likeness (QED) is 0.243. The fourth-order valence-corrected chi connectivity index (χ4v) is 8.76. The minimum Gasteiger partial charge on any atom is -0.347 e. The monoisotopic (exact) mass is 660 g/mol. The van der Waals surface area contributed by atoms with E-state index in [1.165, 1.54) is 73.3 Å². The number of fused-ring (bicyclic) bond motifs is 2. The highest BCUT2D eigenvalue weighted by Crippen LogP contribution is 2.48. The molecule has 2 aliphatic heterocycles. The highest BCUT2D eigenvalue weighted by atomic mass is 15.2. The van der Waals surface area contributed by atoms with Crippen molar-refractivity contribution in [3.05, 3.63) is 160 Å². The lowest BCUT2D eigenvalue weighted by molar-refractivity contribution is -0.401. The summed E-state index contributed by atoms with van der Waals surface area (Å²) in [5.74, 6) is 0.833. The zero-order valence-corrected chi connectivity index (χ0v) is 31.8. The summed E-state index contributed by atoms with van der Waals surface area (Å²) in [6, 6.07) is 24.8. The van der Waals surface area contributed by atoms with Gasteiger partial charge in [0.25, 0.3) is 0 Å². The maximum Gasteiger partial charge on any atom is 0.209 e. The molecule has 3 aromatic rings. The van der Waals surface area contributed by atoms with Crippen molar-refractivity contribution < 1.29 is 4.58 Å². The molecule has 0 N–H and O–H groups in total. The predicted octanol–water partition coefficient (Wildman–Crippen LogP) is 11.4. The topological polar surface area (TPSA) is 9.49 Å². The van der Waals surface area contributed by atoms with E-state index in [0.29, 0.717) is 11.8 Å². The number of anilines is 2. The van der Waals surface area contributed by atoms with E-state index in [2.05, 4.69) is 193 Å². The lowest BCUT2D eigenvalue weighted by Gasteiger charge is -2.36. The molecule has 3 heteroatoms. The average molecular weight is 661 g/mol. The summed E-state index contributed by atoms with van der Waals surface area (Å²) in [4.78, 5) is 4.97. The molecule has 2 unspecified atom stereocenters. The highest BCUT2D eigenvalue weighted by molar-refractivity contribution is 6.03. The Hall–Kier alpha value is -4.63. The summed E-state index contributed by atoms with van der Waals surface area (Å²) in [6.45, 7) is 18.6. The number of likely N-dealkylation sites (N-methyl/N-ethyl adjacent to an activating group) is 1. The molecular weight excluding hydrogens is 607 g/mol. The third kappa shape index (κ3) is 5.56. The van der Waals surface area contributed by atoms with Crippen LogP contribution in [0.4, 0.5) is 17.1 Å². The van der Waals surface area contributed by atoms with E-state index in [1.807, 2.05) is 0 Å². The maximum absolute atomic E-state index is 2.58. The van der Waals surface area contributed by atoms with Crippen molar-refractivity contribution in [1.29, 1.82) is 0 Å². The van der Waals surface area contributed by atoms with Gasteiger partial charge in [0.05, 0.1) is 11.1 Å². The van der Waals surface area contributed by atoms with Gasteiger partial charge < -0.3 is 9.80 Å². The van der Waals surface area contributed by atoms with Crippen LogP contribution in [0.2, 0.25) is 0 Å². The van der Waals surface area contributed by atoms with Crippen molar-refractivity contribution in [2.45, 2.75) is 79.1 Å². The molecule has 0 saturated heterocycles. The van der Waals surface area contributed by atoms with E-state index >= 15 is 0 Å². The molecule has 0 radical (unpaired) electrons. The van der Waals surface area contributed by atoms with Crippen LogP contribution in [0, 0.1) is 25.7 Å². The average Bonchev–Trinajstić information content (AvgIpc) is 3.62. The normalized spacial score (nSPS) is 23.8. The smallest absolute Gasteiger partial charge is 0.209 e. The Labute approximate surface area is 301 Å². The summed E-state index contributed by atoms with van der Waals surface area (Å²) in [6.07, 6.45) is 18.6. The zero-order chi connectivity index (χ0) is 35.5. The van der Waals surface area contributed by atoms with Crippen LogP contribution in [0.3, 0.4) is 0 Å². The van der Waals surface area contributed by atoms with Gasteiger partial charge in [-0.2, -0.15) is 4.58 Å². The first kappa shape index (κ1) is 33.8. The summed E-state index contributed by atoms with van der Waals surface area (Å²) in [7, 11) is 4.45. The molecule has 0 aromatic heterocycles. The Bertz CT molecular complexity index is 2070. The number of benzene rings is 3. The number of para-hydroxylation sites is 1. The van der Waals surface area contributed by atoms with Crippen molar-refractivity contribution in [3.63, 3.8) is 0 Å². The molecule has 0 bridgehead atoms. The van der Waals surface area contributed by atoms with E-state index in [-0.39, 0.29) is 10.8 Å². The first-order valence-electron chi connectivity index (χ1n) is 18.4. The highest BCUT2D eigenvalue weighted by Gasteiger charge is 2.43. The second kappa shape index (κ2) is 12.6. The van der Waals surface area contributed by atoms with Gasteiger partial charge in [-0.05, 0) is 99.6 Å². The first-order valence-corrected chi connectivity index (χ1v) is 18.4. The lowest BCUT2D eigenvalue weighted by Crippen LogP contribution is -2.30. The minimum atomic E-state index is -0.0826. The zero-order valence-electron chi connectivity index (χ0n) is 31.8. The van der Waals surface area contributed by atoms with Gasteiger partial charge in [-0.15, -0.1) is 0 Å². The molecule has 0 saturated carbocycles. The molecule has 0 amide bonds. The van der Waals surface area contributed by atoms with Crippen LogP contribution in [0.5, 0.6) is 0 Å². The van der Waals surface area contributed by atoms with Crippen molar-refractivity contribution in [2.24, 2.45) is 11.8 Å². The second-order valence-electron chi connectivity index (χ2n) is 16.0. The molecule has 2 aliphatic carbocycles. The van der Waals surface area contributed by atoms with Crippen molar-refractivity contribution in [3.8, 4) is 0 Å². The van der Waals surface area contributed by atoms with Crippen LogP contribution in [0.25, 0.3) is 0 Å². The Morgan fingerprint density at radius 2 is 1.52 bits per heavy atom. The number of hydrogen-bond donors (Lipinski definition) is 0. The Morgan fingerprint density at radius 3 is 2.26 bits per heavy atom. The molecule has 50 heavy (non-hydrogen) atoms. The molecule has 256 valence electrons. The molecule has 2 atom stereocenters. The summed E-state index contributed by atoms with van der Waals surface area (Å²) >= 11 is 0. The van der Waals surface area contributed by atoms with Crippen LogP contribution >= 0.6 is 0 Å². The van der Waals surface area contributed by atoms with Gasteiger partial charge in [-0.1, -0.05) is 99.5 Å². The Kier molecular flexibility index (Phi) is 8.53. The molecule has 2 heterocycles.